The minimum Gasteiger partial charge on any atom is -0.495 e. The van der Waals surface area contributed by atoms with Gasteiger partial charge >= 0.3 is 0 Å². The van der Waals surface area contributed by atoms with E-state index >= 15 is 0 Å². The molecule has 2 nitrogen and oxygen atoms in total. The minimum atomic E-state index is -0.513. The lowest BCUT2D eigenvalue weighted by atomic mass is 10.0. The number of ether oxygens (including phenoxy) is 1. The molecule has 1 aromatic rings. The van der Waals surface area contributed by atoms with Gasteiger partial charge in [0.1, 0.15) is 11.6 Å². The van der Waals surface area contributed by atoms with Crippen molar-refractivity contribution in [2.75, 3.05) is 7.11 Å². The van der Waals surface area contributed by atoms with Crippen LogP contribution in [0.4, 0.5) is 4.39 Å². The Morgan fingerprint density at radius 1 is 1.57 bits per heavy atom. The van der Waals surface area contributed by atoms with Crippen LogP contribution in [0.25, 0.3) is 0 Å². The van der Waals surface area contributed by atoms with Gasteiger partial charge in [-0.1, -0.05) is 11.6 Å². The summed E-state index contributed by atoms with van der Waals surface area (Å²) in [6.07, 6.45) is 0. The second-order valence-electron chi connectivity index (χ2n) is 2.86. The Balaban J connectivity index is 3.25. The molecule has 0 saturated carbocycles. The van der Waals surface area contributed by atoms with Crippen molar-refractivity contribution in [3.8, 4) is 11.8 Å². The van der Waals surface area contributed by atoms with E-state index in [2.05, 4.69) is 0 Å². The van der Waals surface area contributed by atoms with E-state index in [1.165, 1.54) is 13.2 Å². The number of nitrogens with zero attached hydrogens (tertiary/aromatic N) is 1. The Labute approximate surface area is 86.9 Å². The molecule has 1 unspecified atom stereocenters. The zero-order valence-electron chi connectivity index (χ0n) is 7.84. The lowest BCUT2D eigenvalue weighted by Gasteiger charge is -2.09. The first-order chi connectivity index (χ1) is 6.60. The van der Waals surface area contributed by atoms with Crippen molar-refractivity contribution in [2.24, 2.45) is 0 Å². The van der Waals surface area contributed by atoms with Crippen molar-refractivity contribution >= 4 is 11.6 Å². The number of hydrogen-bond donors (Lipinski definition) is 0. The average molecular weight is 214 g/mol. The third-order valence-corrected chi connectivity index (χ3v) is 2.23. The van der Waals surface area contributed by atoms with E-state index < -0.39 is 11.7 Å². The molecule has 0 bridgehead atoms. The summed E-state index contributed by atoms with van der Waals surface area (Å²) in [6.45, 7) is 1.62. The lowest BCUT2D eigenvalue weighted by molar-refractivity contribution is 0.413. The van der Waals surface area contributed by atoms with Crippen LogP contribution < -0.4 is 4.74 Å². The van der Waals surface area contributed by atoms with Crippen molar-refractivity contribution in [1.82, 2.24) is 0 Å². The lowest BCUT2D eigenvalue weighted by Crippen LogP contribution is -1.96. The first-order valence-corrected chi connectivity index (χ1v) is 4.40. The Bertz CT molecular complexity index is 386. The second-order valence-corrected chi connectivity index (χ2v) is 3.27. The van der Waals surface area contributed by atoms with Crippen molar-refractivity contribution < 1.29 is 9.13 Å². The first-order valence-electron chi connectivity index (χ1n) is 4.02. The van der Waals surface area contributed by atoms with Gasteiger partial charge in [0.05, 0.1) is 24.1 Å². The molecule has 0 aromatic heterocycles. The molecule has 14 heavy (non-hydrogen) atoms. The van der Waals surface area contributed by atoms with Gasteiger partial charge < -0.3 is 4.74 Å². The molecule has 0 aliphatic rings. The van der Waals surface area contributed by atoms with Gasteiger partial charge in [0, 0.05) is 5.56 Å². The number of rotatable bonds is 2. The number of benzene rings is 1. The maximum absolute atomic E-state index is 13.3. The highest BCUT2D eigenvalue weighted by molar-refractivity contribution is 6.32. The molecule has 0 saturated heterocycles. The predicted octanol–water partition coefficient (Wildman–Crippen LogP) is 3.11. The summed E-state index contributed by atoms with van der Waals surface area (Å²) >= 11 is 5.70. The van der Waals surface area contributed by atoms with Crippen LogP contribution in [0.2, 0.25) is 5.02 Å². The maximum Gasteiger partial charge on any atom is 0.137 e. The summed E-state index contributed by atoms with van der Waals surface area (Å²) < 4.78 is 18.2. The zero-order chi connectivity index (χ0) is 10.7. The van der Waals surface area contributed by atoms with Gasteiger partial charge in [-0.25, -0.2) is 4.39 Å². The van der Waals surface area contributed by atoms with Crippen LogP contribution in [0.5, 0.6) is 5.75 Å². The van der Waals surface area contributed by atoms with Gasteiger partial charge in [0.15, 0.2) is 0 Å². The SMILES string of the molecule is COc1cc(C(C)C#N)c(F)cc1Cl. The van der Waals surface area contributed by atoms with Crippen LogP contribution in [0.3, 0.4) is 0 Å². The number of halogens is 2. The molecule has 0 fully saturated rings. The van der Waals surface area contributed by atoms with E-state index in [1.807, 2.05) is 6.07 Å². The average Bonchev–Trinajstić information content (AvgIpc) is 2.17. The van der Waals surface area contributed by atoms with E-state index in [0.29, 0.717) is 11.3 Å². The van der Waals surface area contributed by atoms with Gasteiger partial charge in [0.2, 0.25) is 0 Å². The maximum atomic E-state index is 13.3. The highest BCUT2D eigenvalue weighted by Crippen LogP contribution is 2.30. The number of methoxy groups -OCH3 is 1. The molecular weight excluding hydrogens is 205 g/mol. The molecule has 1 atom stereocenters. The Morgan fingerprint density at radius 3 is 2.71 bits per heavy atom. The van der Waals surface area contributed by atoms with Crippen molar-refractivity contribution in [1.29, 1.82) is 5.26 Å². The molecule has 0 aliphatic carbocycles. The van der Waals surface area contributed by atoms with Crippen LogP contribution >= 0.6 is 11.6 Å². The molecule has 0 heterocycles. The van der Waals surface area contributed by atoms with Gasteiger partial charge in [-0.15, -0.1) is 0 Å². The molecule has 74 valence electrons. The van der Waals surface area contributed by atoms with Gasteiger partial charge in [-0.05, 0) is 19.1 Å². The largest absolute Gasteiger partial charge is 0.495 e. The van der Waals surface area contributed by atoms with Crippen LogP contribution in [-0.4, -0.2) is 7.11 Å². The van der Waals surface area contributed by atoms with Crippen LogP contribution in [0.15, 0.2) is 12.1 Å². The highest BCUT2D eigenvalue weighted by atomic mass is 35.5. The van der Waals surface area contributed by atoms with Crippen LogP contribution in [0, 0.1) is 17.1 Å². The summed E-state index contributed by atoms with van der Waals surface area (Å²) in [4.78, 5) is 0. The molecule has 0 N–H and O–H groups in total. The van der Waals surface area contributed by atoms with Gasteiger partial charge in [-0.3, -0.25) is 0 Å². The first kappa shape index (κ1) is 10.8. The summed E-state index contributed by atoms with van der Waals surface area (Å²) in [6, 6.07) is 4.56. The van der Waals surface area contributed by atoms with Crippen LogP contribution in [-0.2, 0) is 0 Å². The number of nitriles is 1. The normalized spacial score (nSPS) is 11.9. The molecule has 0 spiro atoms. The molecular formula is C10H9ClFNO. The third kappa shape index (κ3) is 1.97. The molecule has 0 aliphatic heterocycles. The van der Waals surface area contributed by atoms with Crippen molar-refractivity contribution in [2.45, 2.75) is 12.8 Å². The molecule has 1 aromatic carbocycles. The second kappa shape index (κ2) is 4.30. The third-order valence-electron chi connectivity index (χ3n) is 1.93. The minimum absolute atomic E-state index is 0.207. The topological polar surface area (TPSA) is 33.0 Å². The fraction of sp³-hybridized carbons (Fsp3) is 0.300. The Kier molecular flexibility index (Phi) is 3.32. The Hall–Kier alpha value is -1.27. The fourth-order valence-corrected chi connectivity index (χ4v) is 1.33. The van der Waals surface area contributed by atoms with E-state index in [1.54, 1.807) is 6.92 Å². The van der Waals surface area contributed by atoms with E-state index in [0.717, 1.165) is 6.07 Å². The highest BCUT2D eigenvalue weighted by Gasteiger charge is 2.14. The zero-order valence-corrected chi connectivity index (χ0v) is 8.60. The number of hydrogen-bond acceptors (Lipinski definition) is 2. The molecule has 4 heteroatoms. The standard InChI is InChI=1S/C10H9ClFNO/c1-6(5-13)7-3-10(14-2)8(11)4-9(7)12/h3-4,6H,1-2H3. The smallest absolute Gasteiger partial charge is 0.137 e. The summed E-state index contributed by atoms with van der Waals surface area (Å²) in [5.74, 6) is -0.615. The van der Waals surface area contributed by atoms with Crippen molar-refractivity contribution in [3.63, 3.8) is 0 Å². The van der Waals surface area contributed by atoms with E-state index in [9.17, 15) is 4.39 Å². The summed E-state index contributed by atoms with van der Waals surface area (Å²) in [5, 5.41) is 8.86. The van der Waals surface area contributed by atoms with Gasteiger partial charge in [0.25, 0.3) is 0 Å². The fourth-order valence-electron chi connectivity index (χ4n) is 1.10. The Morgan fingerprint density at radius 2 is 2.21 bits per heavy atom. The molecule has 0 amide bonds. The van der Waals surface area contributed by atoms with E-state index in [-0.39, 0.29) is 5.02 Å². The van der Waals surface area contributed by atoms with Crippen molar-refractivity contribution in [3.05, 3.63) is 28.5 Å². The van der Waals surface area contributed by atoms with Gasteiger partial charge in [-0.2, -0.15) is 5.26 Å². The molecule has 1 rings (SSSR count). The van der Waals surface area contributed by atoms with Crippen LogP contribution in [0.1, 0.15) is 18.4 Å². The summed E-state index contributed by atoms with van der Waals surface area (Å²) in [5.41, 5.74) is 0.300. The monoisotopic (exact) mass is 213 g/mol. The quantitative estimate of drug-likeness (QED) is 0.756. The molecule has 0 radical (unpaired) electrons. The van der Waals surface area contributed by atoms with E-state index in [4.69, 9.17) is 21.6 Å². The summed E-state index contributed by atoms with van der Waals surface area (Å²) in [7, 11) is 1.44. The predicted molar refractivity (Wildman–Crippen MR) is 52.0 cm³/mol.